The van der Waals surface area contributed by atoms with E-state index in [4.69, 9.17) is 0 Å². The second-order valence-corrected chi connectivity index (χ2v) is 20.0. The third-order valence-electron chi connectivity index (χ3n) is 13.6. The first-order valence-corrected chi connectivity index (χ1v) is 23.5. The van der Waals surface area contributed by atoms with Gasteiger partial charge in [0, 0.05) is 44.5 Å². The molecule has 0 nitrogen and oxygen atoms in total. The monoisotopic (exact) mass is 1720 g/mol. The van der Waals surface area contributed by atoms with E-state index in [1.165, 1.54) is 0 Å². The molecule has 0 aliphatic rings. The molecule has 0 saturated carbocycles. The van der Waals surface area contributed by atoms with Gasteiger partial charge in [0.2, 0.25) is 0 Å². The van der Waals surface area contributed by atoms with Gasteiger partial charge in [0.25, 0.3) is 0 Å². The number of hydrogen-bond donors (Lipinski definition) is 0. The number of halogens is 60. The first kappa shape index (κ1) is 94.6. The molecule has 0 radical (unpaired) electrons. The summed E-state index contributed by atoms with van der Waals surface area (Å²) in [5, 5.41) is 0. The molecule has 0 amide bonds. The molecule has 0 aliphatic carbocycles. The van der Waals surface area contributed by atoms with Gasteiger partial charge in [-0.25, -0.2) is 0 Å². The van der Waals surface area contributed by atoms with Crippen molar-refractivity contribution < 1.29 is 315 Å². The molecule has 0 saturated heterocycles. The Morgan fingerprint density at radius 1 is 0.0943 bits per heavy atom. The van der Waals surface area contributed by atoms with Crippen LogP contribution in [0.2, 0.25) is 0 Å². The van der Waals surface area contributed by atoms with Crippen LogP contribution < -0.4 is 73.2 Å². The molecular weight excluding hydrogens is 1720 g/mol. The molecule has 0 atom stereocenters. The van der Waals surface area contributed by atoms with E-state index in [1.54, 1.807) is 0 Å². The molecule has 62 heteroatoms. The van der Waals surface area contributed by atoms with E-state index in [0.29, 0.717) is 0 Å². The molecule has 4 aromatic rings. The first-order chi connectivity index (χ1) is 44.9. The molecule has 0 heterocycles. The van der Waals surface area contributed by atoms with E-state index in [9.17, 15) is 0 Å². The third-order valence-corrected chi connectivity index (χ3v) is 13.6. The second-order valence-electron chi connectivity index (χ2n) is 20.0. The first-order valence-electron chi connectivity index (χ1n) is 23.5. The van der Waals surface area contributed by atoms with E-state index in [2.05, 4.69) is 0 Å². The van der Waals surface area contributed by atoms with Gasteiger partial charge < -0.3 is 0 Å². The Hall–Kier alpha value is -5.62. The van der Waals surface area contributed by atoms with Crippen LogP contribution in [0.5, 0.6) is 0 Å². The summed E-state index contributed by atoms with van der Waals surface area (Å²) in [5.74, 6) is 0. The van der Waals surface area contributed by atoms with Gasteiger partial charge in [0.1, 0.15) is 6.15 Å². The average Bonchev–Trinajstić information content (AvgIpc) is 0.642. The van der Waals surface area contributed by atoms with Crippen molar-refractivity contribution in [2.24, 2.45) is 0 Å². The van der Waals surface area contributed by atoms with E-state index in [0.717, 1.165) is 0 Å². The standard InChI is InChI=1S/C44BF60.K/c46-25(47,48)1-5(29(58,59)60)13(37(82,83)84)21(14(38(85,86)87)6(1)30(61,62)63)45(22-15(39(88,89)90)7(31(64,65)66)2(26(49,50)51)8(32(67,68)69)16(22)40(91,92)93,23-17(41(94,95)96)9(33(70,71)72)3(27(52,53)54)10(34(73,74)75)18(23)42(97,98)99)24-19(43(100,101)102)11(35(76,77)78)4(28(55,56)57)12(36(79,80)81)20(24)44(103,104)105;/q-1;+1. The van der Waals surface area contributed by atoms with E-state index in [1.807, 2.05) is 0 Å². The molecule has 0 spiro atoms. The Balaban J connectivity index is 0.0000292. The summed E-state index contributed by atoms with van der Waals surface area (Å²) in [4.78, 5) is 0. The predicted octanol–water partition coefficient (Wildman–Crippen LogP) is 20.4. The molecule has 0 bridgehead atoms. The van der Waals surface area contributed by atoms with Crippen molar-refractivity contribution in [1.29, 1.82) is 0 Å². The largest absolute Gasteiger partial charge is 1.00 e. The van der Waals surface area contributed by atoms with Crippen molar-refractivity contribution in [3.8, 4) is 0 Å². The summed E-state index contributed by atoms with van der Waals surface area (Å²) in [6.07, 6.45) is -217. The number of alkyl halides is 60. The fourth-order valence-electron chi connectivity index (χ4n) is 11.4. The molecule has 106 heavy (non-hydrogen) atoms. The van der Waals surface area contributed by atoms with Crippen LogP contribution in [0.4, 0.5) is 263 Å². The van der Waals surface area contributed by atoms with Gasteiger partial charge in [-0.05, 0) is 0 Å². The summed E-state index contributed by atoms with van der Waals surface area (Å²) < 4.78 is 950. The third kappa shape index (κ3) is 17.0. The Kier molecular flexibility index (Phi) is 23.2. The summed E-state index contributed by atoms with van der Waals surface area (Å²) >= 11 is 0. The van der Waals surface area contributed by atoms with Crippen LogP contribution in [0.3, 0.4) is 0 Å². The minimum Gasteiger partial charge on any atom is -0.170 e. The Morgan fingerprint density at radius 2 is 0.142 bits per heavy atom. The minimum absolute atomic E-state index is 0. The van der Waals surface area contributed by atoms with Crippen LogP contribution in [0, 0.1) is 0 Å². The molecule has 0 unspecified atom stereocenters. The van der Waals surface area contributed by atoms with Crippen LogP contribution in [0.1, 0.15) is 111 Å². The fourth-order valence-corrected chi connectivity index (χ4v) is 11.4. The Morgan fingerprint density at radius 3 is 0.189 bits per heavy atom. The van der Waals surface area contributed by atoms with Gasteiger partial charge in [-0.2, -0.15) is 285 Å². The van der Waals surface area contributed by atoms with Gasteiger partial charge in [0.05, 0.1) is 66.8 Å². The SMILES string of the molecule is FC(F)(F)c1c([B-](c2c(C(F)(F)F)c(C(F)(F)F)c(C(F)(F)F)c(C(F)(F)F)c2C(F)(F)F)(c2c(C(F)(F)F)c(C(F)(F)F)c(C(F)(F)F)c(C(F)(F)F)c2C(F)(F)F)c2c(C(F)(F)F)c(C(F)(F)F)c(C(F)(F)F)c(C(F)(F)F)c2C(F)(F)F)c(C(F)(F)F)c(C(F)(F)F)c(C(F)(F)F)c1C(F)(F)F.[K+]. The molecule has 0 aliphatic heterocycles. The molecule has 600 valence electrons. The predicted molar refractivity (Wildman–Crippen MR) is 210 cm³/mol. The number of benzene rings is 4. The topological polar surface area (TPSA) is 0 Å². The van der Waals surface area contributed by atoms with E-state index in [-0.39, 0.29) is 51.4 Å². The number of rotatable bonds is 4. The van der Waals surface area contributed by atoms with E-state index >= 15 is 263 Å². The van der Waals surface area contributed by atoms with Crippen molar-refractivity contribution in [2.45, 2.75) is 124 Å². The summed E-state index contributed by atoms with van der Waals surface area (Å²) in [5.41, 5.74) is -187. The van der Waals surface area contributed by atoms with Crippen LogP contribution >= 0.6 is 0 Å². The quantitative estimate of drug-likeness (QED) is 0.141. The van der Waals surface area contributed by atoms with Crippen LogP contribution in [0.15, 0.2) is 0 Å². The fraction of sp³-hybridized carbons (Fsp3) is 0.455. The summed E-state index contributed by atoms with van der Waals surface area (Å²) in [6, 6.07) is 0. The van der Waals surface area contributed by atoms with Crippen molar-refractivity contribution in [2.75, 3.05) is 0 Å². The molecule has 4 aromatic carbocycles. The molecule has 0 aromatic heterocycles. The van der Waals surface area contributed by atoms with Crippen LogP contribution in [-0.2, 0) is 124 Å². The zero-order chi connectivity index (χ0) is 84.4. The van der Waals surface area contributed by atoms with Crippen molar-refractivity contribution in [3.63, 3.8) is 0 Å². The molecule has 0 N–H and O–H groups in total. The van der Waals surface area contributed by atoms with Gasteiger partial charge in [-0.1, -0.05) is 0 Å². The van der Waals surface area contributed by atoms with Crippen molar-refractivity contribution >= 4 is 28.0 Å². The maximum absolute atomic E-state index is 16.4. The Labute approximate surface area is 575 Å². The average molecular weight is 1720 g/mol. The summed E-state index contributed by atoms with van der Waals surface area (Å²) in [6.45, 7) is 0. The molecule has 0 fully saturated rings. The molecule has 4 rings (SSSR count). The number of hydrogen-bond acceptors (Lipinski definition) is 0. The second kappa shape index (κ2) is 26.0. The van der Waals surface area contributed by atoms with Gasteiger partial charge >= 0.3 is 175 Å². The van der Waals surface area contributed by atoms with E-state index < -0.39 is 263 Å². The van der Waals surface area contributed by atoms with Gasteiger partial charge in [0.15, 0.2) is 0 Å². The Bertz CT molecular complexity index is 3290. The zero-order valence-corrected chi connectivity index (χ0v) is 49.4. The van der Waals surface area contributed by atoms with Crippen LogP contribution in [0.25, 0.3) is 0 Å². The van der Waals surface area contributed by atoms with Crippen molar-refractivity contribution in [1.82, 2.24) is 0 Å². The van der Waals surface area contributed by atoms with Gasteiger partial charge in [-0.3, -0.25) is 0 Å². The zero-order valence-electron chi connectivity index (χ0n) is 46.3. The summed E-state index contributed by atoms with van der Waals surface area (Å²) in [7, 11) is 0. The van der Waals surface area contributed by atoms with Gasteiger partial charge in [-0.15, -0.1) is 0 Å². The smallest absolute Gasteiger partial charge is 0.170 e. The maximum atomic E-state index is 16.4. The minimum atomic E-state index is -14.0. The molecular formula is C44BF60K. The van der Waals surface area contributed by atoms with Crippen molar-refractivity contribution in [3.05, 3.63) is 111 Å². The normalized spacial score (nSPS) is 15.3. The maximum Gasteiger partial charge on any atom is 1.00 e. The van der Waals surface area contributed by atoms with Crippen LogP contribution in [-0.4, -0.2) is 6.15 Å².